The first-order valence-corrected chi connectivity index (χ1v) is 3.55. The normalized spacial score (nSPS) is 14.6. The first-order valence-electron chi connectivity index (χ1n) is 3.03. The molecule has 1 nitrogen and oxygen atoms in total. The van der Waals surface area contributed by atoms with Gasteiger partial charge in [0.05, 0.1) is 6.07 Å². The minimum Gasteiger partial charge on any atom is -0.198 e. The van der Waals surface area contributed by atoms with Crippen molar-refractivity contribution < 1.29 is 0 Å². The van der Waals surface area contributed by atoms with Crippen LogP contribution < -0.4 is 0 Å². The van der Waals surface area contributed by atoms with Gasteiger partial charge < -0.3 is 0 Å². The summed E-state index contributed by atoms with van der Waals surface area (Å²) in [6.07, 6.45) is 0.534. The first kappa shape index (κ1) is 8.84. The van der Waals surface area contributed by atoms with E-state index in [4.69, 9.17) is 5.26 Å². The Morgan fingerprint density at radius 2 is 2.00 bits per heavy atom. The van der Waals surface area contributed by atoms with Crippen LogP contribution >= 0.6 is 12.6 Å². The summed E-state index contributed by atoms with van der Waals surface area (Å²) in [6, 6.07) is 2.10. The molecule has 0 aliphatic rings. The average molecular weight is 143 g/mol. The molecule has 0 N–H and O–H groups in total. The fourth-order valence-electron chi connectivity index (χ4n) is 0.393. The third-order valence-corrected chi connectivity index (χ3v) is 2.24. The molecule has 0 aromatic rings. The summed E-state index contributed by atoms with van der Waals surface area (Å²) in [5.74, 6) is 0. The number of nitriles is 1. The van der Waals surface area contributed by atoms with Crippen molar-refractivity contribution in [3.63, 3.8) is 0 Å². The van der Waals surface area contributed by atoms with E-state index >= 15 is 0 Å². The topological polar surface area (TPSA) is 23.8 Å². The molecule has 9 heavy (non-hydrogen) atoms. The van der Waals surface area contributed by atoms with Crippen molar-refractivity contribution in [2.24, 2.45) is 5.41 Å². The predicted molar refractivity (Wildman–Crippen MR) is 42.5 cm³/mol. The second-order valence-corrected chi connectivity index (χ2v) is 3.87. The van der Waals surface area contributed by atoms with Gasteiger partial charge in [-0.25, -0.2) is 0 Å². The van der Waals surface area contributed by atoms with Crippen LogP contribution in [0.2, 0.25) is 0 Å². The molecule has 0 aromatic carbocycles. The van der Waals surface area contributed by atoms with Crippen molar-refractivity contribution >= 4 is 12.6 Å². The summed E-state index contributed by atoms with van der Waals surface area (Å²) in [6.45, 7) is 6.26. The Labute approximate surface area is 62.5 Å². The van der Waals surface area contributed by atoms with Crippen LogP contribution in [0.5, 0.6) is 0 Å². The van der Waals surface area contributed by atoms with Crippen molar-refractivity contribution in [1.82, 2.24) is 0 Å². The van der Waals surface area contributed by atoms with Gasteiger partial charge in [-0.05, 0) is 5.41 Å². The lowest BCUT2D eigenvalue weighted by Crippen LogP contribution is -2.19. The largest absolute Gasteiger partial charge is 0.198 e. The molecule has 0 amide bonds. The van der Waals surface area contributed by atoms with Gasteiger partial charge in [-0.2, -0.15) is 17.9 Å². The molecule has 0 aliphatic heterocycles. The fraction of sp³-hybridized carbons (Fsp3) is 0.857. The molecule has 0 rings (SSSR count). The van der Waals surface area contributed by atoms with Gasteiger partial charge in [0, 0.05) is 11.7 Å². The molecule has 0 radical (unpaired) electrons. The molecule has 0 saturated carbocycles. The van der Waals surface area contributed by atoms with Gasteiger partial charge in [-0.15, -0.1) is 0 Å². The predicted octanol–water partition coefficient (Wildman–Crippen LogP) is 2.24. The Morgan fingerprint density at radius 1 is 1.56 bits per heavy atom. The SMILES string of the molecule is CC(C)(C)C(S)CC#N. The maximum Gasteiger partial charge on any atom is 0.0633 e. The zero-order chi connectivity index (χ0) is 7.49. The molecule has 2 heteroatoms. The van der Waals surface area contributed by atoms with Gasteiger partial charge in [-0.3, -0.25) is 0 Å². The van der Waals surface area contributed by atoms with E-state index in [-0.39, 0.29) is 10.7 Å². The van der Waals surface area contributed by atoms with Gasteiger partial charge in [-0.1, -0.05) is 20.8 Å². The summed E-state index contributed by atoms with van der Waals surface area (Å²) in [5.41, 5.74) is 0.152. The van der Waals surface area contributed by atoms with Crippen LogP contribution in [0.1, 0.15) is 27.2 Å². The van der Waals surface area contributed by atoms with E-state index in [1.807, 2.05) is 0 Å². The highest BCUT2D eigenvalue weighted by molar-refractivity contribution is 7.81. The molecule has 0 saturated heterocycles. The summed E-state index contributed by atoms with van der Waals surface area (Å²) >= 11 is 4.27. The Bertz CT molecular complexity index is 118. The molecule has 0 aliphatic carbocycles. The van der Waals surface area contributed by atoms with Crippen LogP contribution in [-0.4, -0.2) is 5.25 Å². The van der Waals surface area contributed by atoms with Crippen molar-refractivity contribution in [3.05, 3.63) is 0 Å². The molecule has 0 aromatic heterocycles. The number of rotatable bonds is 1. The number of hydrogen-bond donors (Lipinski definition) is 1. The van der Waals surface area contributed by atoms with E-state index in [2.05, 4.69) is 39.5 Å². The molecule has 0 bridgehead atoms. The fourth-order valence-corrected chi connectivity index (χ4v) is 0.474. The molecule has 1 unspecified atom stereocenters. The maximum atomic E-state index is 8.30. The number of thiol groups is 1. The molecule has 0 heterocycles. The van der Waals surface area contributed by atoms with E-state index in [0.717, 1.165) is 0 Å². The maximum absolute atomic E-state index is 8.30. The van der Waals surface area contributed by atoms with Gasteiger partial charge in [0.2, 0.25) is 0 Å². The van der Waals surface area contributed by atoms with E-state index < -0.39 is 0 Å². The van der Waals surface area contributed by atoms with E-state index in [1.165, 1.54) is 0 Å². The van der Waals surface area contributed by atoms with E-state index in [9.17, 15) is 0 Å². The molecular formula is C7H13NS. The van der Waals surface area contributed by atoms with Gasteiger partial charge in [0.1, 0.15) is 0 Å². The average Bonchev–Trinajstić information content (AvgIpc) is 1.64. The minimum atomic E-state index is 0.152. The lowest BCUT2D eigenvalue weighted by Gasteiger charge is -2.23. The lowest BCUT2D eigenvalue weighted by molar-refractivity contribution is 0.399. The molecule has 52 valence electrons. The third-order valence-electron chi connectivity index (χ3n) is 1.28. The lowest BCUT2D eigenvalue weighted by atomic mass is 9.90. The van der Waals surface area contributed by atoms with Crippen LogP contribution in [0, 0.1) is 16.7 Å². The Kier molecular flexibility index (Phi) is 3.07. The highest BCUT2D eigenvalue weighted by Gasteiger charge is 2.19. The summed E-state index contributed by atoms with van der Waals surface area (Å²) in [4.78, 5) is 0. The van der Waals surface area contributed by atoms with Crippen molar-refractivity contribution in [2.45, 2.75) is 32.4 Å². The van der Waals surface area contributed by atoms with E-state index in [0.29, 0.717) is 6.42 Å². The number of nitrogens with zero attached hydrogens (tertiary/aromatic N) is 1. The highest BCUT2D eigenvalue weighted by Crippen LogP contribution is 2.25. The van der Waals surface area contributed by atoms with Crippen molar-refractivity contribution in [1.29, 1.82) is 5.26 Å². The second-order valence-electron chi connectivity index (χ2n) is 3.24. The van der Waals surface area contributed by atoms with Crippen LogP contribution in [0.4, 0.5) is 0 Å². The second kappa shape index (κ2) is 3.12. The van der Waals surface area contributed by atoms with Crippen LogP contribution in [0.15, 0.2) is 0 Å². The Morgan fingerprint density at radius 3 is 2.11 bits per heavy atom. The monoisotopic (exact) mass is 143 g/mol. The standard InChI is InChI=1S/C7H13NS/c1-7(2,3)6(9)4-5-8/h6,9H,4H2,1-3H3. The highest BCUT2D eigenvalue weighted by atomic mass is 32.1. The Hall–Kier alpha value is -0.160. The first-order chi connectivity index (χ1) is 3.98. The summed E-state index contributed by atoms with van der Waals surface area (Å²) in [5, 5.41) is 8.50. The summed E-state index contributed by atoms with van der Waals surface area (Å²) < 4.78 is 0. The molecule has 0 spiro atoms. The molecule has 1 atom stereocenters. The zero-order valence-electron chi connectivity index (χ0n) is 6.18. The van der Waals surface area contributed by atoms with Gasteiger partial charge in [0.15, 0.2) is 0 Å². The van der Waals surface area contributed by atoms with Gasteiger partial charge >= 0.3 is 0 Å². The van der Waals surface area contributed by atoms with Crippen LogP contribution in [0.25, 0.3) is 0 Å². The zero-order valence-corrected chi connectivity index (χ0v) is 7.07. The van der Waals surface area contributed by atoms with Crippen LogP contribution in [0.3, 0.4) is 0 Å². The van der Waals surface area contributed by atoms with E-state index in [1.54, 1.807) is 0 Å². The van der Waals surface area contributed by atoms with Crippen molar-refractivity contribution in [3.8, 4) is 6.07 Å². The quantitative estimate of drug-likeness (QED) is 0.559. The van der Waals surface area contributed by atoms with Crippen molar-refractivity contribution in [2.75, 3.05) is 0 Å². The minimum absolute atomic E-state index is 0.152. The van der Waals surface area contributed by atoms with Crippen LogP contribution in [-0.2, 0) is 0 Å². The summed E-state index contributed by atoms with van der Waals surface area (Å²) in [7, 11) is 0. The Balaban J connectivity index is 3.76. The van der Waals surface area contributed by atoms with Gasteiger partial charge in [0.25, 0.3) is 0 Å². The number of hydrogen-bond acceptors (Lipinski definition) is 2. The third kappa shape index (κ3) is 3.42. The smallest absolute Gasteiger partial charge is 0.0633 e. The molecular weight excluding hydrogens is 130 g/mol. The molecule has 0 fully saturated rings.